The van der Waals surface area contributed by atoms with Crippen LogP contribution < -0.4 is 4.90 Å². The van der Waals surface area contributed by atoms with Gasteiger partial charge in [-0.3, -0.25) is 4.98 Å². The fourth-order valence-electron chi connectivity index (χ4n) is 1.60. The Morgan fingerprint density at radius 2 is 2.25 bits per heavy atom. The van der Waals surface area contributed by atoms with E-state index in [-0.39, 0.29) is 5.97 Å². The number of aromatic nitrogens is 1. The lowest BCUT2D eigenvalue weighted by atomic mass is 10.2. The van der Waals surface area contributed by atoms with Gasteiger partial charge in [0, 0.05) is 36.6 Å². The number of carbonyl (C=O) groups is 1. The smallest absolute Gasteiger partial charge is 0.350 e. The van der Waals surface area contributed by atoms with E-state index in [0.29, 0.717) is 4.88 Å². The Labute approximate surface area is 97.5 Å². The molecule has 4 nitrogen and oxygen atoms in total. The second-order valence-corrected chi connectivity index (χ2v) is 4.59. The molecule has 5 heteroatoms. The van der Waals surface area contributed by atoms with Crippen LogP contribution in [-0.4, -0.2) is 32.2 Å². The molecule has 0 saturated heterocycles. The number of anilines is 1. The van der Waals surface area contributed by atoms with Gasteiger partial charge >= 0.3 is 5.97 Å². The highest BCUT2D eigenvalue weighted by atomic mass is 32.1. The van der Waals surface area contributed by atoms with Crippen LogP contribution in [0.4, 0.5) is 5.69 Å². The normalized spacial score (nSPS) is 10.4. The predicted molar refractivity (Wildman–Crippen MR) is 65.3 cm³/mol. The maximum atomic E-state index is 11.6. The number of carbonyl (C=O) groups excluding carboxylic acids is 1. The van der Waals surface area contributed by atoms with Crippen molar-refractivity contribution >= 4 is 33.1 Å². The van der Waals surface area contributed by atoms with Gasteiger partial charge in [0.05, 0.1) is 12.8 Å². The Kier molecular flexibility index (Phi) is 2.78. The highest BCUT2D eigenvalue weighted by molar-refractivity contribution is 7.21. The molecule has 0 aromatic carbocycles. The summed E-state index contributed by atoms with van der Waals surface area (Å²) in [4.78, 5) is 18.3. The number of hydrogen-bond acceptors (Lipinski definition) is 5. The van der Waals surface area contributed by atoms with Crippen LogP contribution in [0.5, 0.6) is 0 Å². The first-order valence-corrected chi connectivity index (χ1v) is 5.59. The van der Waals surface area contributed by atoms with E-state index in [0.717, 1.165) is 15.8 Å². The van der Waals surface area contributed by atoms with Crippen LogP contribution in [0.3, 0.4) is 0 Å². The number of hydrogen-bond donors (Lipinski definition) is 0. The lowest BCUT2D eigenvalue weighted by Crippen LogP contribution is -2.12. The zero-order chi connectivity index (χ0) is 11.7. The van der Waals surface area contributed by atoms with Crippen molar-refractivity contribution in [3.05, 3.63) is 23.3 Å². The molecule has 0 spiro atoms. The van der Waals surface area contributed by atoms with E-state index in [1.807, 2.05) is 25.1 Å². The Hall–Kier alpha value is -1.62. The summed E-state index contributed by atoms with van der Waals surface area (Å²) in [5, 5.41) is 0.984. The van der Waals surface area contributed by atoms with Crippen LogP contribution in [0, 0.1) is 0 Å². The van der Waals surface area contributed by atoms with E-state index in [9.17, 15) is 4.79 Å². The minimum absolute atomic E-state index is 0.301. The van der Waals surface area contributed by atoms with Crippen molar-refractivity contribution < 1.29 is 9.53 Å². The van der Waals surface area contributed by atoms with Gasteiger partial charge in [0.1, 0.15) is 4.88 Å². The van der Waals surface area contributed by atoms with Crippen LogP contribution in [0.15, 0.2) is 18.5 Å². The number of ether oxygens (including phenoxy) is 1. The minimum Gasteiger partial charge on any atom is -0.465 e. The fourth-order valence-corrected chi connectivity index (χ4v) is 2.77. The number of fused-ring (bicyclic) bond motifs is 1. The molecule has 0 aliphatic rings. The van der Waals surface area contributed by atoms with Gasteiger partial charge in [0.15, 0.2) is 0 Å². The van der Waals surface area contributed by atoms with E-state index in [1.165, 1.54) is 18.4 Å². The van der Waals surface area contributed by atoms with Crippen LogP contribution in [0.25, 0.3) is 10.1 Å². The molecule has 2 aromatic rings. The molecule has 0 aliphatic carbocycles. The van der Waals surface area contributed by atoms with E-state index < -0.39 is 0 Å². The molecule has 0 aliphatic heterocycles. The number of pyridine rings is 1. The first-order valence-electron chi connectivity index (χ1n) is 4.77. The third-order valence-corrected chi connectivity index (χ3v) is 3.42. The topological polar surface area (TPSA) is 42.4 Å². The molecule has 0 unspecified atom stereocenters. The Morgan fingerprint density at radius 3 is 2.88 bits per heavy atom. The van der Waals surface area contributed by atoms with Gasteiger partial charge in [-0.1, -0.05) is 0 Å². The molecule has 0 fully saturated rings. The molecule has 0 atom stereocenters. The van der Waals surface area contributed by atoms with Gasteiger partial charge < -0.3 is 9.64 Å². The predicted octanol–water partition coefficient (Wildman–Crippen LogP) is 2.15. The third kappa shape index (κ3) is 1.63. The number of esters is 1. The molecule has 0 N–H and O–H groups in total. The average molecular weight is 236 g/mol. The molecule has 0 amide bonds. The van der Waals surface area contributed by atoms with Gasteiger partial charge in [-0.25, -0.2) is 4.79 Å². The SMILES string of the molecule is COC(=O)c1sc2ccncc2c1N(C)C. The van der Waals surface area contributed by atoms with Crippen LogP contribution >= 0.6 is 11.3 Å². The molecule has 0 bridgehead atoms. The summed E-state index contributed by atoms with van der Waals surface area (Å²) in [6, 6.07) is 1.90. The van der Waals surface area contributed by atoms with E-state index in [1.54, 1.807) is 12.4 Å². The van der Waals surface area contributed by atoms with Gasteiger partial charge in [0.25, 0.3) is 0 Å². The number of rotatable bonds is 2. The van der Waals surface area contributed by atoms with Crippen molar-refractivity contribution in [3.8, 4) is 0 Å². The first kappa shape index (κ1) is 10.9. The maximum Gasteiger partial charge on any atom is 0.350 e. The summed E-state index contributed by atoms with van der Waals surface area (Å²) in [6.07, 6.45) is 3.49. The number of nitrogens with zero attached hydrogens (tertiary/aromatic N) is 2. The average Bonchev–Trinajstić information content (AvgIpc) is 2.67. The number of methoxy groups -OCH3 is 1. The molecule has 16 heavy (non-hydrogen) atoms. The van der Waals surface area contributed by atoms with Crippen molar-refractivity contribution in [3.63, 3.8) is 0 Å². The van der Waals surface area contributed by atoms with Crippen LogP contribution in [0.2, 0.25) is 0 Å². The van der Waals surface area contributed by atoms with E-state index in [2.05, 4.69) is 4.98 Å². The summed E-state index contributed by atoms with van der Waals surface area (Å²) in [5.41, 5.74) is 0.875. The summed E-state index contributed by atoms with van der Waals surface area (Å²) < 4.78 is 5.82. The molecular formula is C11H12N2O2S. The second kappa shape index (κ2) is 4.09. The standard InChI is InChI=1S/C11H12N2O2S/c1-13(2)9-7-6-12-5-4-8(7)16-10(9)11(14)15-3/h4-6H,1-3H3. The fraction of sp³-hybridized carbons (Fsp3) is 0.273. The lowest BCUT2D eigenvalue weighted by Gasteiger charge is -2.12. The van der Waals surface area contributed by atoms with Crippen LogP contribution in [-0.2, 0) is 4.74 Å². The molecule has 2 heterocycles. The van der Waals surface area contributed by atoms with Gasteiger partial charge in [0.2, 0.25) is 0 Å². The number of thiophene rings is 1. The van der Waals surface area contributed by atoms with Crippen molar-refractivity contribution in [2.45, 2.75) is 0 Å². The summed E-state index contributed by atoms with van der Waals surface area (Å²) in [5.74, 6) is -0.301. The third-order valence-electron chi connectivity index (χ3n) is 2.28. The molecule has 84 valence electrons. The molecule has 2 rings (SSSR count). The second-order valence-electron chi connectivity index (χ2n) is 3.54. The van der Waals surface area contributed by atoms with Gasteiger partial charge in [-0.15, -0.1) is 11.3 Å². The Bertz CT molecular complexity index is 534. The minimum atomic E-state index is -0.301. The van der Waals surface area contributed by atoms with Gasteiger partial charge in [-0.05, 0) is 6.07 Å². The summed E-state index contributed by atoms with van der Waals surface area (Å²) in [6.45, 7) is 0. The largest absolute Gasteiger partial charge is 0.465 e. The van der Waals surface area contributed by atoms with E-state index >= 15 is 0 Å². The van der Waals surface area contributed by atoms with Crippen molar-refractivity contribution in [2.24, 2.45) is 0 Å². The Morgan fingerprint density at radius 1 is 1.50 bits per heavy atom. The van der Waals surface area contributed by atoms with Crippen LogP contribution in [0.1, 0.15) is 9.67 Å². The molecule has 0 saturated carbocycles. The highest BCUT2D eigenvalue weighted by Crippen LogP contribution is 2.37. The maximum absolute atomic E-state index is 11.6. The zero-order valence-corrected chi connectivity index (χ0v) is 10.2. The zero-order valence-electron chi connectivity index (χ0n) is 9.35. The van der Waals surface area contributed by atoms with Crippen molar-refractivity contribution in [2.75, 3.05) is 26.1 Å². The lowest BCUT2D eigenvalue weighted by molar-refractivity contribution is 0.0607. The monoisotopic (exact) mass is 236 g/mol. The summed E-state index contributed by atoms with van der Waals surface area (Å²) in [7, 11) is 5.20. The quantitative estimate of drug-likeness (QED) is 0.749. The Balaban J connectivity index is 2.73. The molecule has 0 radical (unpaired) electrons. The van der Waals surface area contributed by atoms with Crippen molar-refractivity contribution in [1.29, 1.82) is 0 Å². The molecule has 2 aromatic heterocycles. The van der Waals surface area contributed by atoms with Gasteiger partial charge in [-0.2, -0.15) is 0 Å². The van der Waals surface area contributed by atoms with Crippen molar-refractivity contribution in [1.82, 2.24) is 4.98 Å². The molecular weight excluding hydrogens is 224 g/mol. The van der Waals surface area contributed by atoms with E-state index in [4.69, 9.17) is 4.74 Å². The first-order chi connectivity index (χ1) is 7.65. The highest BCUT2D eigenvalue weighted by Gasteiger charge is 2.20. The summed E-state index contributed by atoms with van der Waals surface area (Å²) >= 11 is 1.43.